The molecule has 2 aromatic carbocycles. The average Bonchev–Trinajstić information content (AvgIpc) is 3.14. The predicted octanol–water partition coefficient (Wildman–Crippen LogP) is 5.92. The first-order valence-corrected chi connectivity index (χ1v) is 15.5. The molecule has 0 amide bonds. The Morgan fingerprint density at radius 2 is 1.19 bits per heavy atom. The van der Waals surface area contributed by atoms with Gasteiger partial charge >= 0.3 is 132 Å². The van der Waals surface area contributed by atoms with Gasteiger partial charge in [-0.1, -0.05) is 0 Å². The standard InChI is InChI=1S/C13H9.C5H5.2CH3.Zr/c1-3-7-12-10(5-1)9-11-6-2-4-8-13(11)12;1-2-4-5-3-1;;;/h1-9H;1-5H;2*1H3;. The van der Waals surface area contributed by atoms with Gasteiger partial charge in [0.1, 0.15) is 0 Å². The van der Waals surface area contributed by atoms with Gasteiger partial charge < -0.3 is 0 Å². The molecule has 0 fully saturated rings. The molecule has 0 nitrogen and oxygen atoms in total. The van der Waals surface area contributed by atoms with Crippen LogP contribution in [0.5, 0.6) is 0 Å². The third kappa shape index (κ3) is 1.98. The summed E-state index contributed by atoms with van der Waals surface area (Å²) in [6.07, 6.45) is 9.32. The van der Waals surface area contributed by atoms with Crippen LogP contribution in [-0.2, 0) is 20.3 Å². The van der Waals surface area contributed by atoms with Crippen LogP contribution in [0.2, 0.25) is 12.9 Å². The summed E-state index contributed by atoms with van der Waals surface area (Å²) in [6, 6.07) is 18.1. The van der Waals surface area contributed by atoms with Crippen molar-refractivity contribution in [1.29, 1.82) is 0 Å². The van der Waals surface area contributed by atoms with Crippen molar-refractivity contribution in [3.05, 3.63) is 84.0 Å². The Hall–Kier alpha value is -1.20. The SMILES string of the molecule is [CH3][Zr]([CH3])([CH]1C=CC=C1)[CH]1c2ccccc2-c2ccccc21. The van der Waals surface area contributed by atoms with Crippen LogP contribution >= 0.6 is 0 Å². The van der Waals surface area contributed by atoms with E-state index in [0.717, 1.165) is 0 Å². The molecule has 0 saturated heterocycles. The van der Waals surface area contributed by atoms with E-state index in [4.69, 9.17) is 0 Å². The Kier molecular flexibility index (Phi) is 3.15. The minimum absolute atomic E-state index is 0.670. The molecule has 0 unspecified atom stereocenters. The number of fused-ring (bicyclic) bond motifs is 3. The van der Waals surface area contributed by atoms with Crippen molar-refractivity contribution in [3.63, 3.8) is 0 Å². The third-order valence-electron chi connectivity index (χ3n) is 5.18. The van der Waals surface area contributed by atoms with Gasteiger partial charge in [-0.2, -0.15) is 0 Å². The van der Waals surface area contributed by atoms with Crippen molar-refractivity contribution in [2.45, 2.75) is 16.5 Å². The van der Waals surface area contributed by atoms with Gasteiger partial charge in [-0.25, -0.2) is 0 Å². The minimum atomic E-state index is -2.38. The Morgan fingerprint density at radius 1 is 0.714 bits per heavy atom. The van der Waals surface area contributed by atoms with E-state index in [9.17, 15) is 0 Å². The molecule has 0 bridgehead atoms. The van der Waals surface area contributed by atoms with E-state index in [0.29, 0.717) is 7.25 Å². The fraction of sp³-hybridized carbons (Fsp3) is 0.200. The van der Waals surface area contributed by atoms with Gasteiger partial charge in [0.15, 0.2) is 0 Å². The van der Waals surface area contributed by atoms with Gasteiger partial charge in [-0.05, 0) is 0 Å². The van der Waals surface area contributed by atoms with E-state index in [-0.39, 0.29) is 0 Å². The molecule has 1 heteroatoms. The van der Waals surface area contributed by atoms with Gasteiger partial charge in [-0.15, -0.1) is 0 Å². The van der Waals surface area contributed by atoms with Gasteiger partial charge in [0, 0.05) is 0 Å². The normalized spacial score (nSPS) is 17.2. The number of hydrogen-bond acceptors (Lipinski definition) is 0. The number of hydrogen-bond donors (Lipinski definition) is 0. The quantitative estimate of drug-likeness (QED) is 0.630. The molecular formula is C20H20Zr. The molecule has 0 spiro atoms. The molecular weight excluding hydrogens is 331 g/mol. The maximum atomic E-state index is 2.61. The zero-order valence-corrected chi connectivity index (χ0v) is 15.0. The Labute approximate surface area is 131 Å². The molecule has 0 saturated carbocycles. The summed E-state index contributed by atoms with van der Waals surface area (Å²) in [5, 5.41) is 0. The Balaban J connectivity index is 1.93. The second-order valence-corrected chi connectivity index (χ2v) is 18.7. The molecule has 0 N–H and O–H groups in total. The third-order valence-corrected chi connectivity index (χ3v) is 15.5. The average molecular weight is 352 g/mol. The van der Waals surface area contributed by atoms with E-state index in [2.05, 4.69) is 82.1 Å². The summed E-state index contributed by atoms with van der Waals surface area (Å²) in [4.78, 5) is 0. The van der Waals surface area contributed by atoms with E-state index < -0.39 is 20.3 Å². The molecule has 0 heterocycles. The van der Waals surface area contributed by atoms with Crippen LogP contribution in [-0.4, -0.2) is 0 Å². The fourth-order valence-corrected chi connectivity index (χ4v) is 13.2. The van der Waals surface area contributed by atoms with Crippen molar-refractivity contribution < 1.29 is 20.3 Å². The van der Waals surface area contributed by atoms with Crippen molar-refractivity contribution in [2.24, 2.45) is 0 Å². The van der Waals surface area contributed by atoms with Crippen molar-refractivity contribution >= 4 is 0 Å². The Bertz CT molecular complexity index is 694. The summed E-state index contributed by atoms with van der Waals surface area (Å²) in [5.74, 6) is 0. The van der Waals surface area contributed by atoms with Crippen molar-refractivity contribution in [1.82, 2.24) is 0 Å². The zero-order chi connectivity index (χ0) is 14.4. The molecule has 21 heavy (non-hydrogen) atoms. The molecule has 0 aromatic heterocycles. The molecule has 104 valence electrons. The molecule has 0 radical (unpaired) electrons. The number of rotatable bonds is 2. The van der Waals surface area contributed by atoms with Crippen LogP contribution in [0.25, 0.3) is 11.1 Å². The second kappa shape index (κ2) is 4.92. The van der Waals surface area contributed by atoms with Crippen LogP contribution in [0.1, 0.15) is 14.8 Å². The van der Waals surface area contributed by atoms with Crippen LogP contribution in [0.3, 0.4) is 0 Å². The first-order chi connectivity index (χ1) is 10.2. The molecule has 0 aliphatic heterocycles. The van der Waals surface area contributed by atoms with Crippen LogP contribution < -0.4 is 0 Å². The molecule has 4 rings (SSSR count). The van der Waals surface area contributed by atoms with Crippen molar-refractivity contribution in [2.75, 3.05) is 0 Å². The summed E-state index contributed by atoms with van der Waals surface area (Å²) in [5.41, 5.74) is 6.09. The van der Waals surface area contributed by atoms with Crippen molar-refractivity contribution in [3.8, 4) is 11.1 Å². The summed E-state index contributed by atoms with van der Waals surface area (Å²) in [6.45, 7) is 0. The summed E-state index contributed by atoms with van der Waals surface area (Å²) >= 11 is -2.38. The maximum absolute atomic E-state index is 2.61. The molecule has 0 atom stereocenters. The topological polar surface area (TPSA) is 0 Å². The zero-order valence-electron chi connectivity index (χ0n) is 12.6. The van der Waals surface area contributed by atoms with Crippen LogP contribution in [0, 0.1) is 0 Å². The monoisotopic (exact) mass is 350 g/mol. The van der Waals surface area contributed by atoms with E-state index in [1.807, 2.05) is 0 Å². The van der Waals surface area contributed by atoms with E-state index >= 15 is 0 Å². The summed E-state index contributed by atoms with van der Waals surface area (Å²) in [7, 11) is 0. The fourth-order valence-electron chi connectivity index (χ4n) is 4.08. The first-order valence-electron chi connectivity index (χ1n) is 7.73. The Morgan fingerprint density at radius 3 is 1.71 bits per heavy atom. The van der Waals surface area contributed by atoms with Gasteiger partial charge in [0.05, 0.1) is 0 Å². The van der Waals surface area contributed by atoms with E-state index in [1.54, 1.807) is 11.1 Å². The number of benzene rings is 2. The molecule has 2 aromatic rings. The van der Waals surface area contributed by atoms with Gasteiger partial charge in [-0.3, -0.25) is 0 Å². The number of allylic oxidation sites excluding steroid dienone is 4. The second-order valence-electron chi connectivity index (χ2n) is 6.72. The van der Waals surface area contributed by atoms with Gasteiger partial charge in [0.2, 0.25) is 0 Å². The first kappa shape index (κ1) is 13.5. The summed E-state index contributed by atoms with van der Waals surface area (Å²) < 4.78 is 6.61. The van der Waals surface area contributed by atoms with Crippen LogP contribution in [0.15, 0.2) is 72.8 Å². The molecule has 2 aliphatic carbocycles. The molecule has 2 aliphatic rings. The predicted molar refractivity (Wildman–Crippen MR) is 87.5 cm³/mol. The van der Waals surface area contributed by atoms with E-state index in [1.165, 1.54) is 11.1 Å². The van der Waals surface area contributed by atoms with Gasteiger partial charge in [0.25, 0.3) is 0 Å². The van der Waals surface area contributed by atoms with Crippen LogP contribution in [0.4, 0.5) is 0 Å².